The first-order chi connectivity index (χ1) is 9.09. The molecule has 0 saturated carbocycles. The Hall–Kier alpha value is -1.70. The lowest BCUT2D eigenvalue weighted by molar-refractivity contribution is -0.122. The van der Waals surface area contributed by atoms with E-state index in [1.54, 1.807) is 6.08 Å². The standard InChI is InChI=1S/C17H22O2/c1-14(13-16-10-6-4-7-11-16)17(19)12-8-3-5-9-15(2)18/h4-7,9-11,14H,3,8,12-13H2,1-2H3/b9-5+. The number of unbranched alkanes of at least 4 members (excludes halogenated alkanes) is 1. The van der Waals surface area contributed by atoms with Crippen LogP contribution in [0.4, 0.5) is 0 Å². The largest absolute Gasteiger partial charge is 0.299 e. The maximum Gasteiger partial charge on any atom is 0.152 e. The summed E-state index contributed by atoms with van der Waals surface area (Å²) in [5, 5.41) is 0. The van der Waals surface area contributed by atoms with Crippen molar-refractivity contribution in [3.63, 3.8) is 0 Å². The van der Waals surface area contributed by atoms with Gasteiger partial charge in [0.15, 0.2) is 5.78 Å². The minimum absolute atomic E-state index is 0.0590. The lowest BCUT2D eigenvalue weighted by atomic mass is 9.94. The third kappa shape index (κ3) is 6.70. The topological polar surface area (TPSA) is 34.1 Å². The van der Waals surface area contributed by atoms with Crippen LogP contribution in [-0.4, -0.2) is 11.6 Å². The number of carbonyl (C=O) groups excluding carboxylic acids is 2. The SMILES string of the molecule is CC(=O)/C=C/CCCC(=O)C(C)Cc1ccccc1. The first kappa shape index (κ1) is 15.4. The zero-order chi connectivity index (χ0) is 14.1. The molecule has 0 fully saturated rings. The average molecular weight is 258 g/mol. The van der Waals surface area contributed by atoms with Crippen LogP contribution in [0.25, 0.3) is 0 Å². The summed E-state index contributed by atoms with van der Waals surface area (Å²) in [6.07, 6.45) is 6.43. The van der Waals surface area contributed by atoms with E-state index in [-0.39, 0.29) is 11.7 Å². The van der Waals surface area contributed by atoms with Crippen molar-refractivity contribution in [2.45, 2.75) is 39.5 Å². The Morgan fingerprint density at radius 2 is 1.89 bits per heavy atom. The molecule has 0 amide bonds. The first-order valence-electron chi connectivity index (χ1n) is 6.83. The van der Waals surface area contributed by atoms with Gasteiger partial charge in [-0.2, -0.15) is 0 Å². The van der Waals surface area contributed by atoms with Crippen molar-refractivity contribution in [3.05, 3.63) is 48.0 Å². The lowest BCUT2D eigenvalue weighted by Gasteiger charge is -2.09. The monoisotopic (exact) mass is 258 g/mol. The second-order valence-corrected chi connectivity index (χ2v) is 4.96. The predicted molar refractivity (Wildman–Crippen MR) is 78.0 cm³/mol. The third-order valence-electron chi connectivity index (χ3n) is 3.08. The Morgan fingerprint density at radius 3 is 2.53 bits per heavy atom. The molecule has 1 unspecified atom stereocenters. The maximum atomic E-state index is 12.0. The maximum absolute atomic E-state index is 12.0. The summed E-state index contributed by atoms with van der Waals surface area (Å²) in [5.41, 5.74) is 1.21. The van der Waals surface area contributed by atoms with Crippen LogP contribution in [0.2, 0.25) is 0 Å². The number of hydrogen-bond acceptors (Lipinski definition) is 2. The van der Waals surface area contributed by atoms with Crippen molar-refractivity contribution in [1.82, 2.24) is 0 Å². The zero-order valence-corrected chi connectivity index (χ0v) is 11.8. The minimum Gasteiger partial charge on any atom is -0.299 e. The van der Waals surface area contributed by atoms with E-state index in [1.807, 2.05) is 31.2 Å². The lowest BCUT2D eigenvalue weighted by Crippen LogP contribution is -2.13. The summed E-state index contributed by atoms with van der Waals surface area (Å²) in [7, 11) is 0. The molecule has 0 bridgehead atoms. The van der Waals surface area contributed by atoms with Gasteiger partial charge in [0.1, 0.15) is 5.78 Å². The quantitative estimate of drug-likeness (QED) is 0.525. The van der Waals surface area contributed by atoms with Gasteiger partial charge in [-0.1, -0.05) is 43.3 Å². The van der Waals surface area contributed by atoms with Gasteiger partial charge in [-0.05, 0) is 37.8 Å². The molecule has 0 radical (unpaired) electrons. The van der Waals surface area contributed by atoms with Crippen molar-refractivity contribution in [3.8, 4) is 0 Å². The molecule has 1 rings (SSSR count). The Kier molecular flexibility index (Phi) is 6.80. The molecule has 1 aromatic rings. The minimum atomic E-state index is 0.0590. The van der Waals surface area contributed by atoms with Crippen LogP contribution in [0.1, 0.15) is 38.7 Å². The number of carbonyl (C=O) groups is 2. The number of Topliss-reactive ketones (excluding diaryl/α,β-unsaturated/α-hetero) is 1. The number of rotatable bonds is 8. The Morgan fingerprint density at radius 1 is 1.21 bits per heavy atom. The molecule has 0 spiro atoms. The van der Waals surface area contributed by atoms with Crippen LogP contribution in [0.3, 0.4) is 0 Å². The van der Waals surface area contributed by atoms with Gasteiger partial charge in [0, 0.05) is 12.3 Å². The molecular weight excluding hydrogens is 236 g/mol. The van der Waals surface area contributed by atoms with Crippen LogP contribution in [0.15, 0.2) is 42.5 Å². The summed E-state index contributed by atoms with van der Waals surface area (Å²) >= 11 is 0. The summed E-state index contributed by atoms with van der Waals surface area (Å²) in [6.45, 7) is 3.52. The fraction of sp³-hybridized carbons (Fsp3) is 0.412. The van der Waals surface area contributed by atoms with Crippen LogP contribution < -0.4 is 0 Å². The summed E-state index contributed by atoms with van der Waals surface area (Å²) in [4.78, 5) is 22.7. The Balaban J connectivity index is 2.27. The number of benzene rings is 1. The van der Waals surface area contributed by atoms with Gasteiger partial charge in [0.2, 0.25) is 0 Å². The van der Waals surface area contributed by atoms with Gasteiger partial charge in [-0.25, -0.2) is 0 Å². The summed E-state index contributed by atoms with van der Waals surface area (Å²) in [5.74, 6) is 0.433. The van der Waals surface area contributed by atoms with E-state index < -0.39 is 0 Å². The normalized spacial score (nSPS) is 12.5. The van der Waals surface area contributed by atoms with E-state index in [0.717, 1.165) is 19.3 Å². The smallest absolute Gasteiger partial charge is 0.152 e. The van der Waals surface area contributed by atoms with Crippen LogP contribution >= 0.6 is 0 Å². The van der Waals surface area contributed by atoms with E-state index in [1.165, 1.54) is 12.5 Å². The summed E-state index contributed by atoms with van der Waals surface area (Å²) in [6, 6.07) is 10.1. The molecular formula is C17H22O2. The van der Waals surface area contributed by atoms with Crippen LogP contribution in [0, 0.1) is 5.92 Å². The Labute approximate surface area is 115 Å². The number of ketones is 2. The molecule has 0 saturated heterocycles. The Bertz CT molecular complexity index is 432. The van der Waals surface area contributed by atoms with Gasteiger partial charge >= 0.3 is 0 Å². The van der Waals surface area contributed by atoms with E-state index in [4.69, 9.17) is 0 Å². The van der Waals surface area contributed by atoms with E-state index in [2.05, 4.69) is 12.1 Å². The molecule has 0 heterocycles. The van der Waals surface area contributed by atoms with Gasteiger partial charge in [-0.3, -0.25) is 9.59 Å². The molecule has 19 heavy (non-hydrogen) atoms. The third-order valence-corrected chi connectivity index (χ3v) is 3.08. The second-order valence-electron chi connectivity index (χ2n) is 4.96. The highest BCUT2D eigenvalue weighted by Crippen LogP contribution is 2.12. The van der Waals surface area contributed by atoms with Crippen molar-refractivity contribution in [2.24, 2.45) is 5.92 Å². The molecule has 1 aromatic carbocycles. The van der Waals surface area contributed by atoms with E-state index in [9.17, 15) is 9.59 Å². The highest BCUT2D eigenvalue weighted by Gasteiger charge is 2.12. The molecule has 2 nitrogen and oxygen atoms in total. The molecule has 1 atom stereocenters. The number of allylic oxidation sites excluding steroid dienone is 2. The fourth-order valence-corrected chi connectivity index (χ4v) is 1.97. The number of hydrogen-bond donors (Lipinski definition) is 0. The fourth-order valence-electron chi connectivity index (χ4n) is 1.97. The van der Waals surface area contributed by atoms with Gasteiger partial charge in [0.05, 0.1) is 0 Å². The highest BCUT2D eigenvalue weighted by atomic mass is 16.1. The highest BCUT2D eigenvalue weighted by molar-refractivity contribution is 5.87. The van der Waals surface area contributed by atoms with Crippen molar-refractivity contribution >= 4 is 11.6 Å². The van der Waals surface area contributed by atoms with Gasteiger partial charge in [-0.15, -0.1) is 0 Å². The molecule has 2 heteroatoms. The predicted octanol–water partition coefficient (Wildman–Crippen LogP) is 3.75. The van der Waals surface area contributed by atoms with Crippen LogP contribution in [-0.2, 0) is 16.0 Å². The first-order valence-corrected chi connectivity index (χ1v) is 6.83. The molecule has 0 N–H and O–H groups in total. The van der Waals surface area contributed by atoms with Gasteiger partial charge in [0.25, 0.3) is 0 Å². The van der Waals surface area contributed by atoms with E-state index in [0.29, 0.717) is 12.2 Å². The van der Waals surface area contributed by atoms with Crippen LogP contribution in [0.5, 0.6) is 0 Å². The molecule has 0 aromatic heterocycles. The molecule has 102 valence electrons. The van der Waals surface area contributed by atoms with Crippen molar-refractivity contribution in [2.75, 3.05) is 0 Å². The zero-order valence-electron chi connectivity index (χ0n) is 11.8. The molecule has 0 aliphatic rings. The summed E-state index contributed by atoms with van der Waals surface area (Å²) < 4.78 is 0. The second kappa shape index (κ2) is 8.41. The molecule has 0 aliphatic heterocycles. The van der Waals surface area contributed by atoms with Crippen molar-refractivity contribution in [1.29, 1.82) is 0 Å². The average Bonchev–Trinajstić information content (AvgIpc) is 2.38. The van der Waals surface area contributed by atoms with E-state index >= 15 is 0 Å². The van der Waals surface area contributed by atoms with Gasteiger partial charge < -0.3 is 0 Å². The molecule has 0 aliphatic carbocycles. The van der Waals surface area contributed by atoms with Crippen molar-refractivity contribution < 1.29 is 9.59 Å².